The van der Waals surface area contributed by atoms with Crippen molar-refractivity contribution < 1.29 is 39.8 Å². The van der Waals surface area contributed by atoms with Gasteiger partial charge < -0.3 is 40.7 Å². The highest BCUT2D eigenvalue weighted by atomic mass is 16.7. The molecular weight excluding hydrogens is 322 g/mol. The highest BCUT2D eigenvalue weighted by Gasteiger charge is 2.44. The molecule has 132 valence electrons. The van der Waals surface area contributed by atoms with Crippen LogP contribution in [-0.4, -0.2) is 68.8 Å². The number of phenolic OH excluding ortho intramolecular Hbond substituents is 1. The maximum atomic E-state index is 10.7. The fraction of sp³-hybridized carbons (Fsp3) is 0.400. The summed E-state index contributed by atoms with van der Waals surface area (Å²) in [5.41, 5.74) is 5.45. The number of ether oxygens (including phenoxy) is 2. The van der Waals surface area contributed by atoms with E-state index in [4.69, 9.17) is 20.3 Å². The number of hydrogen-bond donors (Lipinski definition) is 6. The third-order valence-electron chi connectivity index (χ3n) is 3.51. The standard InChI is InChI=1S/C15H19NO8/c16-11(19)4-2-7-1-3-9(8(18)5-7)23-15-14(22)13(21)12(20)10(6-17)24-15/h1-5,10,12-15,17-18,20-22H,6H2,(H2,16,19)/t10-,12-,13+,14-,15-/m1/s1. The number of hydrogen-bond acceptors (Lipinski definition) is 8. The SMILES string of the molecule is NC(=O)C=Cc1ccc(O[C@@H]2O[C@H](CO)[C@@H](O)[C@H](O)[C@H]2O)c(O)c1. The number of aliphatic hydroxyl groups is 4. The zero-order chi connectivity index (χ0) is 17.9. The van der Waals surface area contributed by atoms with E-state index in [2.05, 4.69) is 0 Å². The van der Waals surface area contributed by atoms with Crippen LogP contribution in [0.5, 0.6) is 11.5 Å². The lowest BCUT2D eigenvalue weighted by Gasteiger charge is -2.39. The van der Waals surface area contributed by atoms with Crippen molar-refractivity contribution >= 4 is 12.0 Å². The Morgan fingerprint density at radius 1 is 1.25 bits per heavy atom. The molecule has 5 atom stereocenters. The molecule has 9 nitrogen and oxygen atoms in total. The maximum Gasteiger partial charge on any atom is 0.241 e. The van der Waals surface area contributed by atoms with E-state index in [1.54, 1.807) is 0 Å². The summed E-state index contributed by atoms with van der Waals surface area (Å²) in [6.45, 7) is -0.590. The van der Waals surface area contributed by atoms with Gasteiger partial charge in [-0.1, -0.05) is 6.07 Å². The second-order valence-corrected chi connectivity index (χ2v) is 5.28. The van der Waals surface area contributed by atoms with Crippen molar-refractivity contribution in [3.05, 3.63) is 29.8 Å². The Hall–Kier alpha value is -2.17. The van der Waals surface area contributed by atoms with Gasteiger partial charge in [0.1, 0.15) is 24.4 Å². The molecule has 1 fully saturated rings. The monoisotopic (exact) mass is 341 g/mol. The van der Waals surface area contributed by atoms with E-state index in [-0.39, 0.29) is 11.5 Å². The van der Waals surface area contributed by atoms with Crippen LogP contribution < -0.4 is 10.5 Å². The molecule has 0 bridgehead atoms. The van der Waals surface area contributed by atoms with Crippen molar-refractivity contribution in [2.45, 2.75) is 30.7 Å². The van der Waals surface area contributed by atoms with E-state index >= 15 is 0 Å². The Morgan fingerprint density at radius 3 is 2.54 bits per heavy atom. The van der Waals surface area contributed by atoms with Crippen LogP contribution in [0.4, 0.5) is 0 Å². The van der Waals surface area contributed by atoms with Gasteiger partial charge in [-0.3, -0.25) is 4.79 Å². The first kappa shape index (κ1) is 18.2. The molecule has 1 aromatic rings. The molecule has 1 aromatic carbocycles. The lowest BCUT2D eigenvalue weighted by atomic mass is 9.99. The zero-order valence-electron chi connectivity index (χ0n) is 12.5. The Morgan fingerprint density at radius 2 is 1.96 bits per heavy atom. The average Bonchev–Trinajstić information content (AvgIpc) is 2.55. The van der Waals surface area contributed by atoms with Crippen LogP contribution in [0.25, 0.3) is 6.08 Å². The number of aliphatic hydroxyl groups excluding tert-OH is 4. The molecule has 2 rings (SSSR count). The van der Waals surface area contributed by atoms with Gasteiger partial charge in [-0.15, -0.1) is 0 Å². The molecule has 1 amide bonds. The van der Waals surface area contributed by atoms with Gasteiger partial charge in [-0.2, -0.15) is 0 Å². The Balaban J connectivity index is 2.13. The van der Waals surface area contributed by atoms with Gasteiger partial charge in [0.25, 0.3) is 0 Å². The van der Waals surface area contributed by atoms with Gasteiger partial charge in [-0.25, -0.2) is 0 Å². The lowest BCUT2D eigenvalue weighted by Crippen LogP contribution is -2.60. The van der Waals surface area contributed by atoms with Crippen LogP contribution in [0.2, 0.25) is 0 Å². The molecule has 24 heavy (non-hydrogen) atoms. The van der Waals surface area contributed by atoms with Gasteiger partial charge in [0, 0.05) is 6.08 Å². The number of carbonyl (C=O) groups is 1. The smallest absolute Gasteiger partial charge is 0.241 e. The van der Waals surface area contributed by atoms with Crippen LogP contribution in [0.1, 0.15) is 5.56 Å². The normalized spacial score (nSPS) is 30.4. The third-order valence-corrected chi connectivity index (χ3v) is 3.51. The summed E-state index contributed by atoms with van der Waals surface area (Å²) in [5.74, 6) is -1.01. The van der Waals surface area contributed by atoms with Crippen molar-refractivity contribution in [1.82, 2.24) is 0 Å². The Labute approximate surface area is 137 Å². The highest BCUT2D eigenvalue weighted by molar-refractivity contribution is 5.90. The number of amides is 1. The number of phenols is 1. The minimum absolute atomic E-state index is 0.0597. The number of rotatable bonds is 5. The molecule has 1 aliphatic heterocycles. The van der Waals surface area contributed by atoms with Crippen LogP contribution in [0.3, 0.4) is 0 Å². The topological polar surface area (TPSA) is 163 Å². The van der Waals surface area contributed by atoms with Gasteiger partial charge in [0.2, 0.25) is 12.2 Å². The van der Waals surface area contributed by atoms with Crippen LogP contribution in [0.15, 0.2) is 24.3 Å². The fourth-order valence-corrected chi connectivity index (χ4v) is 2.21. The zero-order valence-corrected chi connectivity index (χ0v) is 12.5. The average molecular weight is 341 g/mol. The maximum absolute atomic E-state index is 10.7. The van der Waals surface area contributed by atoms with Crippen molar-refractivity contribution in [1.29, 1.82) is 0 Å². The van der Waals surface area contributed by atoms with Gasteiger partial charge in [-0.05, 0) is 23.8 Å². The predicted molar refractivity (Wildman–Crippen MR) is 80.7 cm³/mol. The number of primary amides is 1. The molecule has 0 aromatic heterocycles. The summed E-state index contributed by atoms with van der Waals surface area (Å²) in [5, 5.41) is 48.3. The second kappa shape index (κ2) is 7.60. The first-order valence-corrected chi connectivity index (χ1v) is 7.11. The van der Waals surface area contributed by atoms with Crippen molar-refractivity contribution in [2.24, 2.45) is 5.73 Å². The van der Waals surface area contributed by atoms with Crippen LogP contribution >= 0.6 is 0 Å². The van der Waals surface area contributed by atoms with Gasteiger partial charge in [0.15, 0.2) is 11.5 Å². The quantitative estimate of drug-likeness (QED) is 0.337. The summed E-state index contributed by atoms with van der Waals surface area (Å²) < 4.78 is 10.5. The summed E-state index contributed by atoms with van der Waals surface area (Å²) in [6, 6.07) is 4.16. The molecule has 1 saturated heterocycles. The minimum Gasteiger partial charge on any atom is -0.504 e. The summed E-state index contributed by atoms with van der Waals surface area (Å²) in [6.07, 6.45) is -4.68. The molecule has 0 unspecified atom stereocenters. The number of benzene rings is 1. The predicted octanol–water partition coefficient (Wildman–Crippen LogP) is -1.93. The van der Waals surface area contributed by atoms with E-state index < -0.39 is 43.2 Å². The van der Waals surface area contributed by atoms with E-state index in [1.807, 2.05) is 0 Å². The lowest BCUT2D eigenvalue weighted by molar-refractivity contribution is -0.277. The second-order valence-electron chi connectivity index (χ2n) is 5.28. The van der Waals surface area contributed by atoms with E-state index in [0.717, 1.165) is 6.08 Å². The number of aromatic hydroxyl groups is 1. The third kappa shape index (κ3) is 4.02. The van der Waals surface area contributed by atoms with Crippen molar-refractivity contribution in [3.63, 3.8) is 0 Å². The van der Waals surface area contributed by atoms with E-state index in [1.165, 1.54) is 24.3 Å². The van der Waals surface area contributed by atoms with Crippen LogP contribution in [-0.2, 0) is 9.53 Å². The molecule has 1 heterocycles. The molecule has 1 aliphatic rings. The molecular formula is C15H19NO8. The highest BCUT2D eigenvalue weighted by Crippen LogP contribution is 2.31. The van der Waals surface area contributed by atoms with Gasteiger partial charge in [0.05, 0.1) is 6.61 Å². The molecule has 9 heteroatoms. The molecule has 0 spiro atoms. The van der Waals surface area contributed by atoms with E-state index in [9.17, 15) is 25.2 Å². The summed E-state index contributed by atoms with van der Waals surface area (Å²) in [7, 11) is 0. The molecule has 7 N–H and O–H groups in total. The first-order valence-electron chi connectivity index (χ1n) is 7.11. The molecule has 0 saturated carbocycles. The van der Waals surface area contributed by atoms with E-state index in [0.29, 0.717) is 5.56 Å². The van der Waals surface area contributed by atoms with Crippen molar-refractivity contribution in [3.8, 4) is 11.5 Å². The molecule has 0 aliphatic carbocycles. The first-order chi connectivity index (χ1) is 11.3. The molecule has 0 radical (unpaired) electrons. The fourth-order valence-electron chi connectivity index (χ4n) is 2.21. The van der Waals surface area contributed by atoms with Crippen LogP contribution in [0, 0.1) is 0 Å². The largest absolute Gasteiger partial charge is 0.504 e. The Kier molecular flexibility index (Phi) is 5.75. The minimum atomic E-state index is -1.59. The number of carbonyl (C=O) groups excluding carboxylic acids is 1. The summed E-state index contributed by atoms with van der Waals surface area (Å²) >= 11 is 0. The Bertz CT molecular complexity index is 617. The van der Waals surface area contributed by atoms with Crippen molar-refractivity contribution in [2.75, 3.05) is 6.61 Å². The summed E-state index contributed by atoms with van der Waals surface area (Å²) in [4.78, 5) is 10.7. The number of nitrogens with two attached hydrogens (primary N) is 1. The van der Waals surface area contributed by atoms with Gasteiger partial charge >= 0.3 is 0 Å².